The molecule has 0 bridgehead atoms. The monoisotopic (exact) mass is 266 g/mol. The van der Waals surface area contributed by atoms with Crippen molar-refractivity contribution in [1.82, 2.24) is 5.43 Å². The Balaban J connectivity index is 1.96. The molecule has 0 unspecified atom stereocenters. The Labute approximate surface area is 110 Å². The molecule has 3 rings (SSSR count). The van der Waals surface area contributed by atoms with Gasteiger partial charge in [-0.05, 0) is 43.5 Å². The highest BCUT2D eigenvalue weighted by molar-refractivity contribution is 6.32. The molecule has 0 radical (unpaired) electrons. The van der Waals surface area contributed by atoms with Crippen molar-refractivity contribution in [2.24, 2.45) is 0 Å². The fraction of sp³-hybridized carbons (Fsp3) is 0.231. The van der Waals surface area contributed by atoms with Gasteiger partial charge < -0.3 is 0 Å². The second kappa shape index (κ2) is 4.28. The van der Waals surface area contributed by atoms with Crippen molar-refractivity contribution in [3.8, 4) is 0 Å². The van der Waals surface area contributed by atoms with E-state index in [0.29, 0.717) is 0 Å². The number of anilines is 1. The molecule has 88 valence electrons. The van der Waals surface area contributed by atoms with Crippen LogP contribution >= 0.6 is 23.2 Å². The summed E-state index contributed by atoms with van der Waals surface area (Å²) in [6.07, 6.45) is 5.54. The van der Waals surface area contributed by atoms with Crippen LogP contribution in [-0.4, -0.2) is 0 Å². The quantitative estimate of drug-likeness (QED) is 0.768. The highest BCUT2D eigenvalue weighted by Gasteiger charge is 2.27. The van der Waals surface area contributed by atoms with Crippen LogP contribution in [0, 0.1) is 0 Å². The van der Waals surface area contributed by atoms with Gasteiger partial charge in [0.1, 0.15) is 5.16 Å². The van der Waals surface area contributed by atoms with E-state index in [2.05, 4.69) is 11.5 Å². The van der Waals surface area contributed by atoms with Crippen LogP contribution in [0.3, 0.4) is 0 Å². The van der Waals surface area contributed by atoms with E-state index in [4.69, 9.17) is 23.2 Å². The van der Waals surface area contributed by atoms with Gasteiger partial charge in [0, 0.05) is 10.6 Å². The zero-order valence-corrected chi connectivity index (χ0v) is 10.7. The van der Waals surface area contributed by atoms with Crippen molar-refractivity contribution in [1.29, 1.82) is 0 Å². The molecule has 1 aromatic rings. The summed E-state index contributed by atoms with van der Waals surface area (Å²) in [5.41, 5.74) is 6.69. The van der Waals surface area contributed by atoms with E-state index in [1.165, 1.54) is 12.0 Å². The van der Waals surface area contributed by atoms with E-state index in [0.717, 1.165) is 34.4 Å². The third-order valence-electron chi connectivity index (χ3n) is 3.07. The summed E-state index contributed by atoms with van der Waals surface area (Å²) < 4.78 is 0. The molecule has 1 aromatic carbocycles. The Morgan fingerprint density at radius 3 is 2.59 bits per heavy atom. The van der Waals surface area contributed by atoms with Gasteiger partial charge in [-0.1, -0.05) is 29.3 Å². The number of hydrogen-bond acceptors (Lipinski definition) is 2. The maximum Gasteiger partial charge on any atom is 0.134 e. The first-order chi connectivity index (χ1) is 8.25. The Morgan fingerprint density at radius 1 is 1.12 bits per heavy atom. The molecule has 2 nitrogen and oxygen atoms in total. The zero-order chi connectivity index (χ0) is 11.8. The molecule has 0 amide bonds. The lowest BCUT2D eigenvalue weighted by atomic mass is 10.0. The summed E-state index contributed by atoms with van der Waals surface area (Å²) in [7, 11) is 0. The minimum atomic E-state index is 0.730. The molecule has 0 atom stereocenters. The molecule has 0 saturated carbocycles. The normalized spacial score (nSPS) is 18.9. The SMILES string of the molecule is ClC1=C2CCCC=C2NN1c1ccc(Cl)cc1. The van der Waals surface area contributed by atoms with Crippen molar-refractivity contribution in [2.45, 2.75) is 19.3 Å². The van der Waals surface area contributed by atoms with Crippen LogP contribution in [0.4, 0.5) is 5.69 Å². The molecule has 0 spiro atoms. The molecule has 4 heteroatoms. The van der Waals surface area contributed by atoms with E-state index < -0.39 is 0 Å². The van der Waals surface area contributed by atoms with E-state index in [-0.39, 0.29) is 0 Å². The fourth-order valence-corrected chi connectivity index (χ4v) is 2.65. The lowest BCUT2D eigenvalue weighted by Crippen LogP contribution is -2.29. The summed E-state index contributed by atoms with van der Waals surface area (Å²) in [5, 5.41) is 3.41. The number of allylic oxidation sites excluding steroid dienone is 2. The van der Waals surface area contributed by atoms with Crippen LogP contribution in [0.5, 0.6) is 0 Å². The summed E-state index contributed by atoms with van der Waals surface area (Å²) >= 11 is 12.3. The van der Waals surface area contributed by atoms with Gasteiger partial charge in [-0.15, -0.1) is 0 Å². The van der Waals surface area contributed by atoms with Gasteiger partial charge in [-0.3, -0.25) is 5.43 Å². The van der Waals surface area contributed by atoms with Crippen LogP contribution < -0.4 is 10.4 Å². The van der Waals surface area contributed by atoms with Crippen molar-refractivity contribution in [3.63, 3.8) is 0 Å². The number of hydrogen-bond donors (Lipinski definition) is 1. The average molecular weight is 267 g/mol. The first-order valence-corrected chi connectivity index (χ1v) is 6.43. The average Bonchev–Trinajstić information content (AvgIpc) is 2.69. The minimum absolute atomic E-state index is 0.730. The van der Waals surface area contributed by atoms with E-state index in [9.17, 15) is 0 Å². The first-order valence-electron chi connectivity index (χ1n) is 5.67. The van der Waals surface area contributed by atoms with Gasteiger partial charge in [0.2, 0.25) is 0 Å². The standard InChI is InChI=1S/C13H12Cl2N2/c14-9-5-7-10(8-6-9)17-13(15)11-3-1-2-4-12(11)16-17/h4-8,16H,1-3H2. The van der Waals surface area contributed by atoms with E-state index in [1.54, 1.807) is 0 Å². The second-order valence-corrected chi connectivity index (χ2v) is 5.00. The fourth-order valence-electron chi connectivity index (χ4n) is 2.18. The molecule has 0 saturated heterocycles. The van der Waals surface area contributed by atoms with Crippen molar-refractivity contribution in [2.75, 3.05) is 5.01 Å². The summed E-state index contributed by atoms with van der Waals surface area (Å²) in [6.45, 7) is 0. The van der Waals surface area contributed by atoms with Crippen LogP contribution in [0.25, 0.3) is 0 Å². The molecule has 2 aliphatic rings. The van der Waals surface area contributed by atoms with Crippen molar-refractivity contribution in [3.05, 3.63) is 51.8 Å². The molecule has 1 aliphatic heterocycles. The van der Waals surface area contributed by atoms with Gasteiger partial charge in [-0.2, -0.15) is 0 Å². The van der Waals surface area contributed by atoms with Crippen LogP contribution in [-0.2, 0) is 0 Å². The topological polar surface area (TPSA) is 15.3 Å². The lowest BCUT2D eigenvalue weighted by molar-refractivity contribution is 0.775. The predicted octanol–water partition coefficient (Wildman–Crippen LogP) is 4.18. The van der Waals surface area contributed by atoms with Gasteiger partial charge >= 0.3 is 0 Å². The second-order valence-electron chi connectivity index (χ2n) is 4.20. The summed E-state index contributed by atoms with van der Waals surface area (Å²) in [4.78, 5) is 0. The maximum absolute atomic E-state index is 6.40. The largest absolute Gasteiger partial charge is 0.293 e. The van der Waals surface area contributed by atoms with Crippen molar-refractivity contribution >= 4 is 28.9 Å². The molecular weight excluding hydrogens is 255 g/mol. The van der Waals surface area contributed by atoms with Crippen LogP contribution in [0.15, 0.2) is 46.8 Å². The third-order valence-corrected chi connectivity index (χ3v) is 3.72. The van der Waals surface area contributed by atoms with Gasteiger partial charge in [0.25, 0.3) is 0 Å². The Bertz CT molecular complexity index is 503. The molecule has 1 N–H and O–H groups in total. The van der Waals surface area contributed by atoms with Gasteiger partial charge in [0.05, 0.1) is 11.4 Å². The number of hydrazine groups is 1. The summed E-state index contributed by atoms with van der Waals surface area (Å²) in [6, 6.07) is 7.64. The highest BCUT2D eigenvalue weighted by atomic mass is 35.5. The van der Waals surface area contributed by atoms with Crippen LogP contribution in [0.2, 0.25) is 5.02 Å². The molecule has 17 heavy (non-hydrogen) atoms. The van der Waals surface area contributed by atoms with E-state index >= 15 is 0 Å². The van der Waals surface area contributed by atoms with Gasteiger partial charge in [-0.25, -0.2) is 5.01 Å². The minimum Gasteiger partial charge on any atom is -0.293 e. The number of halogens is 2. The number of rotatable bonds is 1. The number of nitrogens with one attached hydrogen (secondary N) is 1. The molecule has 0 aromatic heterocycles. The molecule has 1 heterocycles. The first kappa shape index (κ1) is 11.0. The molecular formula is C13H12Cl2N2. The number of nitrogens with zero attached hydrogens (tertiary/aromatic N) is 1. The highest BCUT2D eigenvalue weighted by Crippen LogP contribution is 2.36. The van der Waals surface area contributed by atoms with E-state index in [1.807, 2.05) is 29.3 Å². The summed E-state index contributed by atoms with van der Waals surface area (Å²) in [5.74, 6) is 0. The van der Waals surface area contributed by atoms with Gasteiger partial charge in [0.15, 0.2) is 0 Å². The smallest absolute Gasteiger partial charge is 0.134 e. The van der Waals surface area contributed by atoms with Crippen molar-refractivity contribution < 1.29 is 0 Å². The van der Waals surface area contributed by atoms with Crippen LogP contribution in [0.1, 0.15) is 19.3 Å². The lowest BCUT2D eigenvalue weighted by Gasteiger charge is -2.19. The zero-order valence-electron chi connectivity index (χ0n) is 9.21. The number of fused-ring (bicyclic) bond motifs is 1. The molecule has 1 aliphatic carbocycles. The predicted molar refractivity (Wildman–Crippen MR) is 71.9 cm³/mol. The Morgan fingerprint density at radius 2 is 1.88 bits per heavy atom. The third kappa shape index (κ3) is 1.92. The number of benzene rings is 1. The Kier molecular flexibility index (Phi) is 2.77. The Hall–Kier alpha value is -1.12. The maximum atomic E-state index is 6.40. The molecule has 0 fully saturated rings.